The first-order valence-electron chi connectivity index (χ1n) is 6.81. The number of aryl methyl sites for hydroxylation is 3. The summed E-state index contributed by atoms with van der Waals surface area (Å²) in [6, 6.07) is 10.4. The molecule has 0 bridgehead atoms. The molecule has 2 rings (SSSR count). The third-order valence-electron chi connectivity index (χ3n) is 3.75. The zero-order chi connectivity index (χ0) is 15.8. The lowest BCUT2D eigenvalue weighted by Crippen LogP contribution is -2.17. The minimum absolute atomic E-state index is 0.370. The quantitative estimate of drug-likeness (QED) is 0.936. The molecule has 1 radical (unpaired) electrons. The third kappa shape index (κ3) is 3.10. The number of hydrogen-bond acceptors (Lipinski definition) is 2. The van der Waals surface area contributed by atoms with Crippen LogP contribution >= 0.6 is 0 Å². The molecule has 0 spiro atoms. The van der Waals surface area contributed by atoms with E-state index in [1.165, 1.54) is 0 Å². The fourth-order valence-corrected chi connectivity index (χ4v) is 4.06. The van der Waals surface area contributed by atoms with E-state index in [9.17, 15) is 8.42 Å². The van der Waals surface area contributed by atoms with E-state index >= 15 is 0 Å². The largest absolute Gasteiger partial charge is 0.279 e. The monoisotopic (exact) mass is 302 g/mol. The molecule has 0 amide bonds. The molecular weight excluding hydrogens is 282 g/mol. The van der Waals surface area contributed by atoms with Gasteiger partial charge in [0.25, 0.3) is 10.0 Å². The van der Waals surface area contributed by atoms with E-state index in [0.717, 1.165) is 27.8 Å². The molecule has 0 atom stereocenters. The molecule has 0 aromatic heterocycles. The minimum Gasteiger partial charge on any atom is -0.279 e. The van der Waals surface area contributed by atoms with Gasteiger partial charge in [0.2, 0.25) is 0 Å². The standard InChI is InChI=1S/C17H20NO2S/c1-11-7-6-8-16(9-11)18-21(19,20)17-14(4)12(2)10-13(3)15(17)5/h6-8,10,18H,1-5H3. The van der Waals surface area contributed by atoms with Crippen molar-refractivity contribution in [3.05, 3.63) is 58.1 Å². The van der Waals surface area contributed by atoms with Gasteiger partial charge in [-0.15, -0.1) is 0 Å². The molecule has 0 heterocycles. The van der Waals surface area contributed by atoms with Crippen LogP contribution in [0.2, 0.25) is 0 Å². The summed E-state index contributed by atoms with van der Waals surface area (Å²) in [7, 11) is -3.62. The predicted octanol–water partition coefficient (Wildman–Crippen LogP) is 3.83. The molecule has 0 aliphatic carbocycles. The lowest BCUT2D eigenvalue weighted by atomic mass is 10.0. The summed E-state index contributed by atoms with van der Waals surface area (Å²) in [5.41, 5.74) is 4.90. The van der Waals surface area contributed by atoms with Crippen LogP contribution < -0.4 is 4.72 Å². The molecule has 1 N–H and O–H groups in total. The first-order valence-corrected chi connectivity index (χ1v) is 8.30. The van der Waals surface area contributed by atoms with Gasteiger partial charge in [-0.2, -0.15) is 0 Å². The van der Waals surface area contributed by atoms with E-state index in [-0.39, 0.29) is 0 Å². The number of sulfonamides is 1. The maximum Gasteiger partial charge on any atom is 0.262 e. The topological polar surface area (TPSA) is 46.2 Å². The highest BCUT2D eigenvalue weighted by Gasteiger charge is 2.22. The van der Waals surface area contributed by atoms with Gasteiger partial charge in [-0.25, -0.2) is 8.42 Å². The van der Waals surface area contributed by atoms with Crippen LogP contribution in [0.25, 0.3) is 0 Å². The summed E-state index contributed by atoms with van der Waals surface area (Å²) < 4.78 is 28.1. The zero-order valence-electron chi connectivity index (χ0n) is 13.0. The Hall–Kier alpha value is -1.81. The average molecular weight is 302 g/mol. The van der Waals surface area contributed by atoms with E-state index in [1.807, 2.05) is 52.8 Å². The van der Waals surface area contributed by atoms with Crippen molar-refractivity contribution in [2.24, 2.45) is 0 Å². The van der Waals surface area contributed by atoms with Crippen molar-refractivity contribution in [3.8, 4) is 0 Å². The zero-order valence-corrected chi connectivity index (χ0v) is 13.9. The SMILES string of the molecule is Cc1[c]c(NS(=O)(=O)c2c(C)c(C)cc(C)c2C)ccc1. The Morgan fingerprint density at radius 1 is 0.952 bits per heavy atom. The number of benzene rings is 2. The van der Waals surface area contributed by atoms with Gasteiger partial charge in [0.05, 0.1) is 10.6 Å². The molecule has 0 unspecified atom stereocenters. The smallest absolute Gasteiger partial charge is 0.262 e. The van der Waals surface area contributed by atoms with Gasteiger partial charge in [0, 0.05) is 6.07 Å². The van der Waals surface area contributed by atoms with Crippen molar-refractivity contribution < 1.29 is 8.42 Å². The fraction of sp³-hybridized carbons (Fsp3) is 0.294. The number of hydrogen-bond donors (Lipinski definition) is 1. The van der Waals surface area contributed by atoms with Crippen molar-refractivity contribution in [2.75, 3.05) is 4.72 Å². The highest BCUT2D eigenvalue weighted by Crippen LogP contribution is 2.27. The molecule has 0 saturated heterocycles. The number of nitrogens with one attached hydrogen (secondary N) is 1. The Bertz CT molecular complexity index is 766. The summed E-state index contributed by atoms with van der Waals surface area (Å²) in [5.74, 6) is 0. The van der Waals surface area contributed by atoms with Gasteiger partial charge < -0.3 is 0 Å². The first-order chi connectivity index (χ1) is 9.72. The van der Waals surface area contributed by atoms with Crippen LogP contribution in [0.3, 0.4) is 0 Å². The van der Waals surface area contributed by atoms with Crippen LogP contribution in [0.1, 0.15) is 27.8 Å². The minimum atomic E-state index is -3.62. The van der Waals surface area contributed by atoms with E-state index < -0.39 is 10.0 Å². The summed E-state index contributed by atoms with van der Waals surface area (Å²) in [5, 5.41) is 0. The van der Waals surface area contributed by atoms with Crippen molar-refractivity contribution >= 4 is 15.7 Å². The normalized spacial score (nSPS) is 11.5. The Labute approximate surface area is 127 Å². The second-order valence-corrected chi connectivity index (χ2v) is 7.06. The fourth-order valence-electron chi connectivity index (χ4n) is 2.42. The summed E-state index contributed by atoms with van der Waals surface area (Å²) in [4.78, 5) is 0.370. The highest BCUT2D eigenvalue weighted by molar-refractivity contribution is 7.92. The first kappa shape index (κ1) is 15.6. The second-order valence-electron chi connectivity index (χ2n) is 5.44. The van der Waals surface area contributed by atoms with E-state index in [4.69, 9.17) is 0 Å². The number of rotatable bonds is 3. The van der Waals surface area contributed by atoms with Gasteiger partial charge >= 0.3 is 0 Å². The van der Waals surface area contributed by atoms with Crippen LogP contribution in [0.5, 0.6) is 0 Å². The molecule has 4 heteroatoms. The molecule has 0 aliphatic heterocycles. The molecule has 2 aromatic rings. The maximum absolute atomic E-state index is 12.7. The van der Waals surface area contributed by atoms with Gasteiger partial charge in [-0.1, -0.05) is 18.2 Å². The van der Waals surface area contributed by atoms with Crippen molar-refractivity contribution in [1.29, 1.82) is 0 Å². The van der Waals surface area contributed by atoms with Gasteiger partial charge in [0.15, 0.2) is 0 Å². The average Bonchev–Trinajstić information content (AvgIpc) is 2.35. The van der Waals surface area contributed by atoms with Crippen molar-refractivity contribution in [1.82, 2.24) is 0 Å². The van der Waals surface area contributed by atoms with Crippen LogP contribution in [-0.4, -0.2) is 8.42 Å². The van der Waals surface area contributed by atoms with E-state index in [2.05, 4.69) is 10.8 Å². The summed E-state index contributed by atoms with van der Waals surface area (Å²) >= 11 is 0. The Morgan fingerprint density at radius 2 is 1.52 bits per heavy atom. The number of anilines is 1. The van der Waals surface area contributed by atoms with Crippen LogP contribution in [0.4, 0.5) is 5.69 Å². The van der Waals surface area contributed by atoms with E-state index in [1.54, 1.807) is 6.07 Å². The second kappa shape index (κ2) is 5.53. The van der Waals surface area contributed by atoms with Gasteiger partial charge in [-0.3, -0.25) is 4.72 Å². The summed E-state index contributed by atoms with van der Waals surface area (Å²) in [6.07, 6.45) is 0. The van der Waals surface area contributed by atoms with Gasteiger partial charge in [-0.05, 0) is 68.5 Å². The lowest BCUT2D eigenvalue weighted by molar-refractivity contribution is 0.599. The lowest BCUT2D eigenvalue weighted by Gasteiger charge is -2.16. The van der Waals surface area contributed by atoms with Crippen LogP contribution in [0.15, 0.2) is 29.2 Å². The molecule has 0 saturated carbocycles. The van der Waals surface area contributed by atoms with Gasteiger partial charge in [0.1, 0.15) is 0 Å². The van der Waals surface area contributed by atoms with Crippen molar-refractivity contribution in [3.63, 3.8) is 0 Å². The van der Waals surface area contributed by atoms with Crippen LogP contribution in [0, 0.1) is 40.7 Å². The molecule has 21 heavy (non-hydrogen) atoms. The Morgan fingerprint density at radius 3 is 2.05 bits per heavy atom. The van der Waals surface area contributed by atoms with E-state index in [0.29, 0.717) is 10.6 Å². The molecule has 111 valence electrons. The predicted molar refractivity (Wildman–Crippen MR) is 86.2 cm³/mol. The highest BCUT2D eigenvalue weighted by atomic mass is 32.2. The third-order valence-corrected chi connectivity index (χ3v) is 5.39. The molecule has 3 nitrogen and oxygen atoms in total. The molecule has 2 aromatic carbocycles. The van der Waals surface area contributed by atoms with Crippen molar-refractivity contribution in [2.45, 2.75) is 39.5 Å². The molecular formula is C17H20NO2S. The Kier molecular flexibility index (Phi) is 4.10. The molecule has 0 fully saturated rings. The summed E-state index contributed by atoms with van der Waals surface area (Å²) in [6.45, 7) is 9.43. The van der Waals surface area contributed by atoms with Crippen LogP contribution in [-0.2, 0) is 10.0 Å². The maximum atomic E-state index is 12.7. The molecule has 0 aliphatic rings. The Balaban J connectivity index is 2.55.